The van der Waals surface area contributed by atoms with Crippen molar-refractivity contribution in [1.29, 1.82) is 0 Å². The molecule has 1 aliphatic carbocycles. The van der Waals surface area contributed by atoms with Crippen LogP contribution < -0.4 is 0 Å². The lowest BCUT2D eigenvalue weighted by atomic mass is 10.1. The Bertz CT molecular complexity index is 508. The molecule has 0 spiro atoms. The number of aromatic nitrogens is 2. The van der Waals surface area contributed by atoms with E-state index in [-0.39, 0.29) is 12.0 Å². The molecule has 1 aliphatic heterocycles. The Kier molecular flexibility index (Phi) is 4.78. The third kappa shape index (κ3) is 3.50. The number of aryl methyl sites for hydroxylation is 2. The van der Waals surface area contributed by atoms with Crippen molar-refractivity contribution in [3.8, 4) is 0 Å². The molecule has 1 saturated carbocycles. The fraction of sp³-hybridized carbons (Fsp3) is 0.750. The Balaban J connectivity index is 1.43. The summed E-state index contributed by atoms with van der Waals surface area (Å²) < 4.78 is 1.77. The summed E-state index contributed by atoms with van der Waals surface area (Å²) >= 11 is 0. The van der Waals surface area contributed by atoms with E-state index in [4.69, 9.17) is 0 Å². The van der Waals surface area contributed by atoms with Gasteiger partial charge in [0.15, 0.2) is 0 Å². The van der Waals surface area contributed by atoms with Gasteiger partial charge in [0.25, 0.3) is 0 Å². The number of carbonyl (C=O) groups excluding carboxylic acids is 1. The maximum atomic E-state index is 12.3. The highest BCUT2D eigenvalue weighted by Crippen LogP contribution is 2.25. The number of nitrogens with zero attached hydrogens (tertiary/aromatic N) is 4. The molecule has 1 N–H and O–H groups in total. The summed E-state index contributed by atoms with van der Waals surface area (Å²) in [6, 6.07) is 0.313. The summed E-state index contributed by atoms with van der Waals surface area (Å²) in [5.41, 5.74) is 1.11. The summed E-state index contributed by atoms with van der Waals surface area (Å²) in [6.07, 6.45) is 8.07. The lowest BCUT2D eigenvalue weighted by Gasteiger charge is -2.39. The van der Waals surface area contributed by atoms with Crippen LogP contribution in [0.3, 0.4) is 0 Å². The highest BCUT2D eigenvalue weighted by Gasteiger charge is 2.33. The second-order valence-corrected chi connectivity index (χ2v) is 6.50. The van der Waals surface area contributed by atoms with E-state index in [1.54, 1.807) is 4.68 Å². The molecular formula is C16H26N4O2. The van der Waals surface area contributed by atoms with Gasteiger partial charge in [-0.25, -0.2) is 0 Å². The fourth-order valence-corrected chi connectivity index (χ4v) is 3.66. The molecule has 2 heterocycles. The Morgan fingerprint density at radius 3 is 2.68 bits per heavy atom. The van der Waals surface area contributed by atoms with E-state index in [9.17, 15) is 9.90 Å². The van der Waals surface area contributed by atoms with Crippen LogP contribution in [0.15, 0.2) is 12.4 Å². The second kappa shape index (κ2) is 6.79. The van der Waals surface area contributed by atoms with E-state index < -0.39 is 0 Å². The van der Waals surface area contributed by atoms with Crippen molar-refractivity contribution in [1.82, 2.24) is 19.6 Å². The zero-order chi connectivity index (χ0) is 15.5. The maximum absolute atomic E-state index is 12.3. The Morgan fingerprint density at radius 2 is 2.09 bits per heavy atom. The molecule has 2 atom stereocenters. The average Bonchev–Trinajstić information content (AvgIpc) is 3.13. The molecule has 3 rings (SSSR count). The second-order valence-electron chi connectivity index (χ2n) is 6.50. The van der Waals surface area contributed by atoms with Crippen LogP contribution in [-0.4, -0.2) is 68.9 Å². The summed E-state index contributed by atoms with van der Waals surface area (Å²) in [7, 11) is 1.89. The molecule has 0 bridgehead atoms. The molecular weight excluding hydrogens is 280 g/mol. The molecule has 2 fully saturated rings. The number of rotatable bonds is 4. The van der Waals surface area contributed by atoms with Crippen molar-refractivity contribution in [3.05, 3.63) is 18.0 Å². The van der Waals surface area contributed by atoms with Gasteiger partial charge in [0, 0.05) is 51.9 Å². The van der Waals surface area contributed by atoms with Crippen LogP contribution in [-0.2, 0) is 18.3 Å². The Hall–Kier alpha value is -1.40. The predicted octanol–water partition coefficient (Wildman–Crippen LogP) is 0.410. The Labute approximate surface area is 131 Å². The maximum Gasteiger partial charge on any atom is 0.222 e. The average molecular weight is 306 g/mol. The van der Waals surface area contributed by atoms with Crippen molar-refractivity contribution in [3.63, 3.8) is 0 Å². The number of piperazine rings is 1. The fourth-order valence-electron chi connectivity index (χ4n) is 3.66. The van der Waals surface area contributed by atoms with Gasteiger partial charge in [-0.3, -0.25) is 14.4 Å². The normalized spacial score (nSPS) is 26.5. The minimum Gasteiger partial charge on any atom is -0.391 e. The van der Waals surface area contributed by atoms with E-state index in [2.05, 4.69) is 10.00 Å². The highest BCUT2D eigenvalue weighted by atomic mass is 16.3. The van der Waals surface area contributed by atoms with Gasteiger partial charge in [0.1, 0.15) is 0 Å². The lowest BCUT2D eigenvalue weighted by molar-refractivity contribution is -0.133. The van der Waals surface area contributed by atoms with E-state index in [0.29, 0.717) is 12.5 Å². The summed E-state index contributed by atoms with van der Waals surface area (Å²) in [5.74, 6) is 0.232. The first-order chi connectivity index (χ1) is 10.6. The number of aliphatic hydroxyl groups excluding tert-OH is 1. The summed E-state index contributed by atoms with van der Waals surface area (Å²) in [4.78, 5) is 16.6. The van der Waals surface area contributed by atoms with Crippen LogP contribution in [0.2, 0.25) is 0 Å². The third-order valence-electron chi connectivity index (χ3n) is 4.97. The topological polar surface area (TPSA) is 61.6 Å². The molecule has 1 saturated heterocycles. The lowest BCUT2D eigenvalue weighted by Crippen LogP contribution is -2.53. The van der Waals surface area contributed by atoms with Gasteiger partial charge in [-0.05, 0) is 31.2 Å². The van der Waals surface area contributed by atoms with Crippen molar-refractivity contribution in [2.75, 3.05) is 26.2 Å². The standard InChI is InChI=1S/C16H26N4O2/c1-18-12-13(11-17-18)5-6-16(22)20-9-7-19(8-10-20)14-3-2-4-15(14)21/h11-12,14-15,21H,2-10H2,1H3/t14-,15-/m0/s1. The quantitative estimate of drug-likeness (QED) is 0.875. The van der Waals surface area contributed by atoms with E-state index in [1.165, 1.54) is 0 Å². The molecule has 1 aromatic rings. The van der Waals surface area contributed by atoms with Crippen LogP contribution in [0.25, 0.3) is 0 Å². The van der Waals surface area contributed by atoms with E-state index in [0.717, 1.165) is 57.4 Å². The molecule has 6 nitrogen and oxygen atoms in total. The van der Waals surface area contributed by atoms with Gasteiger partial charge in [-0.1, -0.05) is 0 Å². The minimum atomic E-state index is -0.173. The predicted molar refractivity (Wildman–Crippen MR) is 83.3 cm³/mol. The molecule has 1 aromatic heterocycles. The van der Waals surface area contributed by atoms with Crippen LogP contribution in [0.1, 0.15) is 31.2 Å². The molecule has 0 radical (unpaired) electrons. The third-order valence-corrected chi connectivity index (χ3v) is 4.97. The summed E-state index contributed by atoms with van der Waals surface area (Å²) in [5, 5.41) is 14.1. The molecule has 0 unspecified atom stereocenters. The van der Waals surface area contributed by atoms with E-state index in [1.807, 2.05) is 24.3 Å². The van der Waals surface area contributed by atoms with Crippen LogP contribution >= 0.6 is 0 Å². The van der Waals surface area contributed by atoms with Crippen molar-refractivity contribution >= 4 is 5.91 Å². The molecule has 0 aromatic carbocycles. The first-order valence-electron chi connectivity index (χ1n) is 8.31. The largest absolute Gasteiger partial charge is 0.391 e. The molecule has 122 valence electrons. The van der Waals surface area contributed by atoms with Gasteiger partial charge < -0.3 is 10.0 Å². The first kappa shape index (κ1) is 15.5. The number of hydrogen-bond acceptors (Lipinski definition) is 4. The van der Waals surface area contributed by atoms with E-state index >= 15 is 0 Å². The number of hydrogen-bond donors (Lipinski definition) is 1. The molecule has 1 amide bonds. The Morgan fingerprint density at radius 1 is 1.32 bits per heavy atom. The van der Waals surface area contributed by atoms with Gasteiger partial charge in [0.2, 0.25) is 5.91 Å². The zero-order valence-electron chi connectivity index (χ0n) is 13.3. The van der Waals surface area contributed by atoms with Crippen molar-refractivity contribution in [2.24, 2.45) is 7.05 Å². The zero-order valence-corrected chi connectivity index (χ0v) is 13.3. The van der Waals surface area contributed by atoms with Crippen molar-refractivity contribution < 1.29 is 9.90 Å². The van der Waals surface area contributed by atoms with Gasteiger partial charge >= 0.3 is 0 Å². The highest BCUT2D eigenvalue weighted by molar-refractivity contribution is 5.76. The van der Waals surface area contributed by atoms with Gasteiger partial charge in [0.05, 0.1) is 12.3 Å². The van der Waals surface area contributed by atoms with Gasteiger partial charge in [-0.15, -0.1) is 0 Å². The van der Waals surface area contributed by atoms with Crippen molar-refractivity contribution in [2.45, 2.75) is 44.2 Å². The number of aliphatic hydroxyl groups is 1. The number of carbonyl (C=O) groups is 1. The first-order valence-corrected chi connectivity index (χ1v) is 8.31. The molecule has 22 heavy (non-hydrogen) atoms. The van der Waals surface area contributed by atoms with Crippen LogP contribution in [0.5, 0.6) is 0 Å². The number of amides is 1. The summed E-state index contributed by atoms with van der Waals surface area (Å²) in [6.45, 7) is 3.35. The molecule has 2 aliphatic rings. The van der Waals surface area contributed by atoms with Crippen LogP contribution in [0.4, 0.5) is 0 Å². The smallest absolute Gasteiger partial charge is 0.222 e. The molecule has 6 heteroatoms. The SMILES string of the molecule is Cn1cc(CCC(=O)N2CCN([C@H]3CCC[C@@H]3O)CC2)cn1. The van der Waals surface area contributed by atoms with Crippen LogP contribution in [0, 0.1) is 0 Å². The minimum absolute atomic E-state index is 0.173. The van der Waals surface area contributed by atoms with Gasteiger partial charge in [-0.2, -0.15) is 5.10 Å². The monoisotopic (exact) mass is 306 g/mol.